The Morgan fingerprint density at radius 1 is 1.40 bits per heavy atom. The van der Waals surface area contributed by atoms with Crippen LogP contribution in [0.4, 0.5) is 4.79 Å². The van der Waals surface area contributed by atoms with Crippen LogP contribution in [0.2, 0.25) is 0 Å². The fourth-order valence-electron chi connectivity index (χ4n) is 1.40. The van der Waals surface area contributed by atoms with E-state index in [0.717, 1.165) is 6.42 Å². The Hall–Kier alpha value is -0.770. The molecule has 0 bridgehead atoms. The highest BCUT2D eigenvalue weighted by Gasteiger charge is 2.20. The van der Waals surface area contributed by atoms with Crippen LogP contribution in [0.1, 0.15) is 41.0 Å². The monoisotopic (exact) mass is 216 g/mol. The summed E-state index contributed by atoms with van der Waals surface area (Å²) in [5, 5.41) is 5.96. The zero-order valence-electron chi connectivity index (χ0n) is 10.7. The fourth-order valence-corrected chi connectivity index (χ4v) is 1.40. The van der Waals surface area contributed by atoms with Gasteiger partial charge in [-0.1, -0.05) is 6.92 Å². The first-order chi connectivity index (χ1) is 6.80. The second-order valence-electron chi connectivity index (χ2n) is 4.74. The Morgan fingerprint density at radius 3 is 2.27 bits per heavy atom. The van der Waals surface area contributed by atoms with E-state index in [4.69, 9.17) is 4.74 Å². The summed E-state index contributed by atoms with van der Waals surface area (Å²) in [6, 6.07) is 0.340. The third kappa shape index (κ3) is 6.33. The number of carbonyl (C=O) groups excluding carboxylic acids is 1. The average molecular weight is 216 g/mol. The number of nitrogens with one attached hydrogen (secondary N) is 2. The summed E-state index contributed by atoms with van der Waals surface area (Å²) in [6.45, 7) is 9.61. The third-order valence-electron chi connectivity index (χ3n) is 2.16. The van der Waals surface area contributed by atoms with Crippen molar-refractivity contribution in [1.29, 1.82) is 0 Å². The van der Waals surface area contributed by atoms with Crippen LogP contribution < -0.4 is 10.6 Å². The quantitative estimate of drug-likeness (QED) is 0.754. The molecule has 0 rings (SSSR count). The van der Waals surface area contributed by atoms with Crippen LogP contribution in [0.3, 0.4) is 0 Å². The molecule has 0 heterocycles. The van der Waals surface area contributed by atoms with E-state index >= 15 is 0 Å². The van der Waals surface area contributed by atoms with Gasteiger partial charge in [-0.05, 0) is 41.2 Å². The van der Waals surface area contributed by atoms with Gasteiger partial charge in [-0.25, -0.2) is 4.79 Å². The van der Waals surface area contributed by atoms with Crippen molar-refractivity contribution in [1.82, 2.24) is 10.6 Å². The lowest BCUT2D eigenvalue weighted by Crippen LogP contribution is -2.48. The zero-order chi connectivity index (χ0) is 12.1. The maximum Gasteiger partial charge on any atom is 0.407 e. The Kier molecular flexibility index (Phi) is 5.65. The van der Waals surface area contributed by atoms with Crippen molar-refractivity contribution in [2.75, 3.05) is 7.05 Å². The Morgan fingerprint density at radius 2 is 1.93 bits per heavy atom. The molecule has 4 heteroatoms. The van der Waals surface area contributed by atoms with E-state index < -0.39 is 5.60 Å². The van der Waals surface area contributed by atoms with E-state index in [-0.39, 0.29) is 18.2 Å². The first-order valence-corrected chi connectivity index (χ1v) is 5.47. The molecule has 0 aromatic heterocycles. The van der Waals surface area contributed by atoms with E-state index in [0.29, 0.717) is 0 Å². The number of hydrogen-bond acceptors (Lipinski definition) is 3. The smallest absolute Gasteiger partial charge is 0.407 e. The summed E-state index contributed by atoms with van der Waals surface area (Å²) >= 11 is 0. The molecule has 2 N–H and O–H groups in total. The molecule has 0 aliphatic heterocycles. The number of hydrogen-bond donors (Lipinski definition) is 2. The highest BCUT2D eigenvalue weighted by molar-refractivity contribution is 5.68. The lowest BCUT2D eigenvalue weighted by atomic mass is 10.1. The highest BCUT2D eigenvalue weighted by Crippen LogP contribution is 2.07. The molecule has 2 unspecified atom stereocenters. The number of alkyl carbamates (subject to hydrolysis) is 1. The molecule has 0 spiro atoms. The van der Waals surface area contributed by atoms with Crippen LogP contribution in [0.25, 0.3) is 0 Å². The number of amides is 1. The Labute approximate surface area is 92.8 Å². The molecule has 0 aromatic rings. The van der Waals surface area contributed by atoms with Gasteiger partial charge in [-0.15, -0.1) is 0 Å². The Bertz CT molecular complexity index is 195. The van der Waals surface area contributed by atoms with Gasteiger partial charge in [0.2, 0.25) is 0 Å². The van der Waals surface area contributed by atoms with Crippen LogP contribution in [0.15, 0.2) is 0 Å². The van der Waals surface area contributed by atoms with Gasteiger partial charge < -0.3 is 15.4 Å². The van der Waals surface area contributed by atoms with Crippen LogP contribution in [0, 0.1) is 0 Å². The van der Waals surface area contributed by atoms with Crippen molar-refractivity contribution >= 4 is 6.09 Å². The van der Waals surface area contributed by atoms with E-state index in [1.165, 1.54) is 0 Å². The third-order valence-corrected chi connectivity index (χ3v) is 2.16. The van der Waals surface area contributed by atoms with Gasteiger partial charge in [0, 0.05) is 12.1 Å². The van der Waals surface area contributed by atoms with Crippen molar-refractivity contribution in [3.05, 3.63) is 0 Å². The van der Waals surface area contributed by atoms with E-state index in [1.807, 2.05) is 34.7 Å². The normalized spacial score (nSPS) is 15.6. The largest absolute Gasteiger partial charge is 0.444 e. The van der Waals surface area contributed by atoms with Gasteiger partial charge in [0.1, 0.15) is 5.60 Å². The highest BCUT2D eigenvalue weighted by atomic mass is 16.6. The first-order valence-electron chi connectivity index (χ1n) is 5.47. The molecule has 0 aliphatic carbocycles. The first kappa shape index (κ1) is 14.2. The van der Waals surface area contributed by atoms with Gasteiger partial charge in [0.05, 0.1) is 0 Å². The maximum atomic E-state index is 11.4. The lowest BCUT2D eigenvalue weighted by Gasteiger charge is -2.26. The summed E-state index contributed by atoms with van der Waals surface area (Å²) in [7, 11) is 1.89. The van der Waals surface area contributed by atoms with E-state index in [2.05, 4.69) is 17.6 Å². The van der Waals surface area contributed by atoms with Crippen LogP contribution in [0.5, 0.6) is 0 Å². The molecule has 0 fully saturated rings. The molecule has 4 nitrogen and oxygen atoms in total. The molecule has 0 saturated heterocycles. The van der Waals surface area contributed by atoms with Crippen LogP contribution in [-0.4, -0.2) is 30.8 Å². The molecule has 15 heavy (non-hydrogen) atoms. The molecule has 1 amide bonds. The standard InChI is InChI=1S/C11H24N2O2/c1-7-9(12-6)8(2)13-10(14)15-11(3,4)5/h8-9,12H,7H2,1-6H3,(H,13,14). The second-order valence-corrected chi connectivity index (χ2v) is 4.74. The van der Waals surface area contributed by atoms with Crippen LogP contribution in [-0.2, 0) is 4.74 Å². The fraction of sp³-hybridized carbons (Fsp3) is 0.909. The van der Waals surface area contributed by atoms with Crippen molar-refractivity contribution in [3.8, 4) is 0 Å². The predicted molar refractivity (Wildman–Crippen MR) is 62.0 cm³/mol. The molecule has 0 radical (unpaired) electrons. The van der Waals surface area contributed by atoms with Crippen LogP contribution >= 0.6 is 0 Å². The second kappa shape index (κ2) is 5.95. The summed E-state index contributed by atoms with van der Waals surface area (Å²) in [5.74, 6) is 0. The molecule has 0 saturated carbocycles. The predicted octanol–water partition coefficient (Wildman–Crippen LogP) is 1.90. The van der Waals surface area contributed by atoms with Crippen molar-refractivity contribution in [3.63, 3.8) is 0 Å². The number of ether oxygens (including phenoxy) is 1. The molecule has 90 valence electrons. The van der Waals surface area contributed by atoms with Gasteiger partial charge in [0.25, 0.3) is 0 Å². The molecular weight excluding hydrogens is 192 g/mol. The topological polar surface area (TPSA) is 50.4 Å². The maximum absolute atomic E-state index is 11.4. The zero-order valence-corrected chi connectivity index (χ0v) is 10.7. The van der Waals surface area contributed by atoms with Gasteiger partial charge >= 0.3 is 6.09 Å². The Balaban J connectivity index is 4.06. The number of likely N-dealkylation sites (N-methyl/N-ethyl adjacent to an activating group) is 1. The lowest BCUT2D eigenvalue weighted by molar-refractivity contribution is 0.0498. The van der Waals surface area contributed by atoms with Gasteiger partial charge in [-0.3, -0.25) is 0 Å². The molecule has 0 aromatic carbocycles. The summed E-state index contributed by atoms with van der Waals surface area (Å²) in [4.78, 5) is 11.4. The minimum absolute atomic E-state index is 0.0647. The van der Waals surface area contributed by atoms with Gasteiger partial charge in [0.15, 0.2) is 0 Å². The number of carbonyl (C=O) groups is 1. The van der Waals surface area contributed by atoms with Crippen molar-refractivity contribution in [2.45, 2.75) is 58.7 Å². The van der Waals surface area contributed by atoms with Crippen molar-refractivity contribution < 1.29 is 9.53 Å². The SMILES string of the molecule is CCC(NC)C(C)NC(=O)OC(C)(C)C. The molecule has 2 atom stereocenters. The summed E-state index contributed by atoms with van der Waals surface area (Å²) in [5.41, 5.74) is -0.439. The van der Waals surface area contributed by atoms with E-state index in [9.17, 15) is 4.79 Å². The number of rotatable bonds is 4. The molecular formula is C11H24N2O2. The van der Waals surface area contributed by atoms with Gasteiger partial charge in [-0.2, -0.15) is 0 Å². The van der Waals surface area contributed by atoms with Crippen molar-refractivity contribution in [2.24, 2.45) is 0 Å². The summed E-state index contributed by atoms with van der Waals surface area (Å²) < 4.78 is 5.17. The van der Waals surface area contributed by atoms with E-state index in [1.54, 1.807) is 0 Å². The average Bonchev–Trinajstić information content (AvgIpc) is 2.02. The molecule has 0 aliphatic rings. The minimum Gasteiger partial charge on any atom is -0.444 e. The summed E-state index contributed by atoms with van der Waals surface area (Å²) in [6.07, 6.45) is 0.608. The minimum atomic E-state index is -0.439.